The van der Waals surface area contributed by atoms with Gasteiger partial charge in [0.1, 0.15) is 5.82 Å². The summed E-state index contributed by atoms with van der Waals surface area (Å²) in [5.41, 5.74) is -0.509. The van der Waals surface area contributed by atoms with Gasteiger partial charge in [0.05, 0.1) is 10.5 Å². The molecule has 3 heterocycles. The summed E-state index contributed by atoms with van der Waals surface area (Å²) in [6.45, 7) is 2.50. The molecule has 0 spiro atoms. The van der Waals surface area contributed by atoms with E-state index >= 15 is 0 Å². The number of halogens is 3. The lowest BCUT2D eigenvalue weighted by atomic mass is 10.2. The predicted molar refractivity (Wildman–Crippen MR) is 112 cm³/mol. The van der Waals surface area contributed by atoms with E-state index in [1.54, 1.807) is 17.0 Å². The van der Waals surface area contributed by atoms with E-state index in [2.05, 4.69) is 4.98 Å². The fourth-order valence-corrected chi connectivity index (χ4v) is 5.49. The highest BCUT2D eigenvalue weighted by Gasteiger charge is 2.32. The lowest BCUT2D eigenvalue weighted by Gasteiger charge is -2.35. The maximum absolute atomic E-state index is 13.0. The van der Waals surface area contributed by atoms with Gasteiger partial charge in [0, 0.05) is 51.0 Å². The van der Waals surface area contributed by atoms with Crippen LogP contribution in [-0.4, -0.2) is 67.8 Å². The Morgan fingerprint density at radius 3 is 2.22 bits per heavy atom. The highest BCUT2D eigenvalue weighted by atomic mass is 32.2. The first-order valence-electron chi connectivity index (χ1n) is 10.3. The summed E-state index contributed by atoms with van der Waals surface area (Å²) >= 11 is 0. The van der Waals surface area contributed by atoms with Crippen LogP contribution in [0.1, 0.15) is 28.8 Å². The standard InChI is InChI=1S/C21H23F3N4O3S/c22-21(23,24)17-6-7-19(25-15-17)26-10-12-27(13-11-26)20(29)16-4-3-5-18(14-16)32(30,31)28-8-1-2-9-28/h3-7,14-15H,1-2,8-13H2. The Balaban J connectivity index is 1.41. The maximum atomic E-state index is 13.0. The molecule has 7 nitrogen and oxygen atoms in total. The topological polar surface area (TPSA) is 73.8 Å². The number of anilines is 1. The fraction of sp³-hybridized carbons (Fsp3) is 0.429. The molecule has 0 atom stereocenters. The Bertz CT molecular complexity index is 1080. The van der Waals surface area contributed by atoms with Crippen molar-refractivity contribution in [3.8, 4) is 0 Å². The molecule has 2 aliphatic rings. The Labute approximate surface area is 184 Å². The minimum atomic E-state index is -4.44. The van der Waals surface area contributed by atoms with E-state index in [1.807, 2.05) is 4.90 Å². The van der Waals surface area contributed by atoms with E-state index in [9.17, 15) is 26.4 Å². The van der Waals surface area contributed by atoms with E-state index in [0.717, 1.165) is 25.1 Å². The minimum absolute atomic E-state index is 0.109. The lowest BCUT2D eigenvalue weighted by molar-refractivity contribution is -0.137. The average Bonchev–Trinajstić information content (AvgIpc) is 3.34. The van der Waals surface area contributed by atoms with E-state index in [-0.39, 0.29) is 10.8 Å². The first kappa shape index (κ1) is 22.5. The quantitative estimate of drug-likeness (QED) is 0.690. The number of amides is 1. The molecule has 4 rings (SSSR count). The Kier molecular flexibility index (Phi) is 6.13. The molecular weight excluding hydrogens is 445 g/mol. The van der Waals surface area contributed by atoms with Crippen molar-refractivity contribution in [1.82, 2.24) is 14.2 Å². The molecular formula is C21H23F3N4O3S. The van der Waals surface area contributed by atoms with Crippen LogP contribution in [0.25, 0.3) is 0 Å². The zero-order chi connectivity index (χ0) is 22.9. The van der Waals surface area contributed by atoms with Crippen molar-refractivity contribution in [3.05, 3.63) is 53.7 Å². The van der Waals surface area contributed by atoms with Crippen LogP contribution in [0.2, 0.25) is 0 Å². The molecule has 2 saturated heterocycles. The summed E-state index contributed by atoms with van der Waals surface area (Å²) in [6, 6.07) is 8.39. The van der Waals surface area contributed by atoms with Crippen molar-refractivity contribution in [2.24, 2.45) is 0 Å². The number of aromatic nitrogens is 1. The number of rotatable bonds is 4. The van der Waals surface area contributed by atoms with Crippen molar-refractivity contribution in [2.45, 2.75) is 23.9 Å². The number of benzene rings is 1. The molecule has 0 unspecified atom stereocenters. The van der Waals surface area contributed by atoms with Gasteiger partial charge in [0.15, 0.2) is 0 Å². The third kappa shape index (κ3) is 4.58. The van der Waals surface area contributed by atoms with Gasteiger partial charge in [-0.2, -0.15) is 17.5 Å². The molecule has 2 fully saturated rings. The van der Waals surface area contributed by atoms with Crippen molar-refractivity contribution < 1.29 is 26.4 Å². The van der Waals surface area contributed by atoms with Crippen LogP contribution in [0, 0.1) is 0 Å². The Morgan fingerprint density at radius 1 is 0.938 bits per heavy atom. The molecule has 0 bridgehead atoms. The van der Waals surface area contributed by atoms with Gasteiger partial charge in [-0.3, -0.25) is 4.79 Å². The highest BCUT2D eigenvalue weighted by Crippen LogP contribution is 2.29. The zero-order valence-corrected chi connectivity index (χ0v) is 18.1. The van der Waals surface area contributed by atoms with Crippen molar-refractivity contribution >= 4 is 21.7 Å². The van der Waals surface area contributed by atoms with Gasteiger partial charge in [-0.15, -0.1) is 0 Å². The van der Waals surface area contributed by atoms with Gasteiger partial charge >= 0.3 is 6.18 Å². The highest BCUT2D eigenvalue weighted by molar-refractivity contribution is 7.89. The molecule has 0 radical (unpaired) electrons. The molecule has 172 valence electrons. The molecule has 1 aromatic carbocycles. The van der Waals surface area contributed by atoms with E-state index in [1.165, 1.54) is 22.5 Å². The first-order valence-corrected chi connectivity index (χ1v) is 11.8. The zero-order valence-electron chi connectivity index (χ0n) is 17.3. The summed E-state index contributed by atoms with van der Waals surface area (Å²) in [7, 11) is -3.62. The van der Waals surface area contributed by atoms with Gasteiger partial charge < -0.3 is 9.80 Å². The number of pyridine rings is 1. The third-order valence-electron chi connectivity index (χ3n) is 5.75. The number of piperazine rings is 1. The fourth-order valence-electron chi connectivity index (χ4n) is 3.93. The monoisotopic (exact) mass is 468 g/mol. The van der Waals surface area contributed by atoms with E-state index in [0.29, 0.717) is 50.6 Å². The number of alkyl halides is 3. The van der Waals surface area contributed by atoms with Crippen LogP contribution >= 0.6 is 0 Å². The second-order valence-electron chi connectivity index (χ2n) is 7.82. The van der Waals surface area contributed by atoms with Gasteiger partial charge in [-0.25, -0.2) is 13.4 Å². The molecule has 1 aromatic heterocycles. The SMILES string of the molecule is O=C(c1cccc(S(=O)(=O)N2CCCC2)c1)N1CCN(c2ccc(C(F)(F)F)cn2)CC1. The second kappa shape index (κ2) is 8.70. The number of hydrogen-bond acceptors (Lipinski definition) is 5. The van der Waals surface area contributed by atoms with Crippen molar-refractivity contribution in [3.63, 3.8) is 0 Å². The van der Waals surface area contributed by atoms with E-state index in [4.69, 9.17) is 0 Å². The van der Waals surface area contributed by atoms with Crippen molar-refractivity contribution in [2.75, 3.05) is 44.2 Å². The van der Waals surface area contributed by atoms with Gasteiger partial charge in [-0.05, 0) is 43.2 Å². The summed E-state index contributed by atoms with van der Waals surface area (Å²) in [5, 5.41) is 0. The lowest BCUT2D eigenvalue weighted by Crippen LogP contribution is -2.49. The number of carbonyl (C=O) groups is 1. The van der Waals surface area contributed by atoms with Gasteiger partial charge in [0.25, 0.3) is 5.91 Å². The number of sulfonamides is 1. The van der Waals surface area contributed by atoms with Crippen LogP contribution in [-0.2, 0) is 16.2 Å². The average molecular weight is 469 g/mol. The first-order chi connectivity index (χ1) is 15.2. The summed E-state index contributed by atoms with van der Waals surface area (Å²) in [5.74, 6) is 0.146. The Hall–Kier alpha value is -2.66. The summed E-state index contributed by atoms with van der Waals surface area (Å²) in [4.78, 5) is 20.4. The van der Waals surface area contributed by atoms with Crippen LogP contribution in [0.15, 0.2) is 47.5 Å². The van der Waals surface area contributed by atoms with Crippen LogP contribution in [0.3, 0.4) is 0 Å². The molecule has 0 N–H and O–H groups in total. The molecule has 2 aliphatic heterocycles. The molecule has 0 aliphatic carbocycles. The normalized spacial score (nSPS) is 18.2. The second-order valence-corrected chi connectivity index (χ2v) is 9.76. The van der Waals surface area contributed by atoms with Crippen LogP contribution in [0.4, 0.5) is 19.0 Å². The largest absolute Gasteiger partial charge is 0.417 e. The molecule has 32 heavy (non-hydrogen) atoms. The summed E-state index contributed by atoms with van der Waals surface area (Å²) in [6.07, 6.45) is -1.97. The molecule has 0 saturated carbocycles. The number of hydrogen-bond donors (Lipinski definition) is 0. The van der Waals surface area contributed by atoms with Crippen LogP contribution < -0.4 is 4.90 Å². The van der Waals surface area contributed by atoms with Crippen molar-refractivity contribution in [1.29, 1.82) is 0 Å². The summed E-state index contributed by atoms with van der Waals surface area (Å²) < 4.78 is 65.2. The van der Waals surface area contributed by atoms with Crippen LogP contribution in [0.5, 0.6) is 0 Å². The number of carbonyl (C=O) groups excluding carboxylic acids is 1. The predicted octanol–water partition coefficient (Wildman–Crippen LogP) is 2.85. The molecule has 1 amide bonds. The molecule has 2 aromatic rings. The smallest absolute Gasteiger partial charge is 0.353 e. The third-order valence-corrected chi connectivity index (χ3v) is 7.64. The van der Waals surface area contributed by atoms with Gasteiger partial charge in [0.2, 0.25) is 10.0 Å². The molecule has 11 heteroatoms. The Morgan fingerprint density at radius 2 is 1.62 bits per heavy atom. The minimum Gasteiger partial charge on any atom is -0.353 e. The maximum Gasteiger partial charge on any atom is 0.417 e. The van der Waals surface area contributed by atoms with Gasteiger partial charge in [-0.1, -0.05) is 6.07 Å². The number of nitrogens with zero attached hydrogens (tertiary/aromatic N) is 4. The van der Waals surface area contributed by atoms with E-state index < -0.39 is 21.8 Å².